The number of hydrogen-bond donors (Lipinski definition) is 3. The predicted octanol–water partition coefficient (Wildman–Crippen LogP) is -0.873. The first-order valence-electron chi connectivity index (χ1n) is 4.28. The molecule has 3 atom stereocenters. The van der Waals surface area contributed by atoms with Crippen molar-refractivity contribution >= 4 is 0 Å². The Hall–Kier alpha value is -0.160. The topological polar surface area (TPSA) is 69.9 Å². The summed E-state index contributed by atoms with van der Waals surface area (Å²) in [7, 11) is 0. The third-order valence-corrected chi connectivity index (χ3v) is 2.22. The van der Waals surface area contributed by atoms with Gasteiger partial charge >= 0.3 is 0 Å². The molecule has 1 rings (SSSR count). The van der Waals surface area contributed by atoms with Gasteiger partial charge in [-0.3, -0.25) is 0 Å². The fraction of sp³-hybridized carbons (Fsp3) is 1.00. The van der Waals surface area contributed by atoms with Gasteiger partial charge in [-0.2, -0.15) is 0 Å². The van der Waals surface area contributed by atoms with Crippen LogP contribution in [0.15, 0.2) is 0 Å². The van der Waals surface area contributed by atoms with E-state index in [0.717, 1.165) is 0 Å². The lowest BCUT2D eigenvalue weighted by molar-refractivity contribution is -0.0566. The fourth-order valence-corrected chi connectivity index (χ4v) is 1.43. The maximum Gasteiger partial charge on any atom is 0.0775 e. The largest absolute Gasteiger partial charge is 0.394 e. The summed E-state index contributed by atoms with van der Waals surface area (Å²) in [4.78, 5) is 0. The van der Waals surface area contributed by atoms with Crippen LogP contribution in [0.25, 0.3) is 0 Å². The Balaban J connectivity index is 2.28. The number of ether oxygens (including phenoxy) is 1. The molecule has 0 aromatic carbocycles. The highest BCUT2D eigenvalue weighted by atomic mass is 16.5. The van der Waals surface area contributed by atoms with Crippen molar-refractivity contribution in [2.45, 2.75) is 25.0 Å². The van der Waals surface area contributed by atoms with E-state index in [2.05, 4.69) is 0 Å². The Morgan fingerprint density at radius 3 is 2.83 bits per heavy atom. The predicted molar refractivity (Wildman–Crippen MR) is 42.6 cm³/mol. The summed E-state index contributed by atoms with van der Waals surface area (Å²) in [6, 6.07) is 0. The van der Waals surface area contributed by atoms with Crippen molar-refractivity contribution in [3.8, 4) is 0 Å². The van der Waals surface area contributed by atoms with Crippen LogP contribution in [0.1, 0.15) is 12.8 Å². The van der Waals surface area contributed by atoms with E-state index in [1.54, 1.807) is 0 Å². The van der Waals surface area contributed by atoms with Crippen molar-refractivity contribution in [1.82, 2.24) is 0 Å². The van der Waals surface area contributed by atoms with E-state index < -0.39 is 6.10 Å². The summed E-state index contributed by atoms with van der Waals surface area (Å²) in [5.74, 6) is -0.0269. The Morgan fingerprint density at radius 2 is 2.25 bits per heavy atom. The first-order valence-corrected chi connectivity index (χ1v) is 4.28. The molecule has 1 aliphatic rings. The minimum Gasteiger partial charge on any atom is -0.394 e. The molecule has 1 aliphatic heterocycles. The van der Waals surface area contributed by atoms with E-state index in [-0.39, 0.29) is 18.6 Å². The van der Waals surface area contributed by atoms with Crippen LogP contribution in [0.4, 0.5) is 0 Å². The lowest BCUT2D eigenvalue weighted by atomic mass is 9.93. The van der Waals surface area contributed by atoms with Crippen molar-refractivity contribution in [2.24, 2.45) is 5.92 Å². The van der Waals surface area contributed by atoms with Crippen LogP contribution in [-0.4, -0.2) is 47.3 Å². The molecule has 1 fully saturated rings. The molecule has 0 aliphatic carbocycles. The number of rotatable bonds is 3. The molecular formula is C8H16O4. The van der Waals surface area contributed by atoms with Gasteiger partial charge in [0.1, 0.15) is 0 Å². The first-order chi connectivity index (χ1) is 5.74. The molecule has 12 heavy (non-hydrogen) atoms. The summed E-state index contributed by atoms with van der Waals surface area (Å²) >= 11 is 0. The summed E-state index contributed by atoms with van der Waals surface area (Å²) in [5.41, 5.74) is 0. The average Bonchev–Trinajstić information content (AvgIpc) is 2.09. The van der Waals surface area contributed by atoms with E-state index in [4.69, 9.17) is 14.9 Å². The Bertz CT molecular complexity index is 128. The zero-order valence-electron chi connectivity index (χ0n) is 7.02. The molecule has 0 saturated carbocycles. The van der Waals surface area contributed by atoms with Gasteiger partial charge in [0.2, 0.25) is 0 Å². The van der Waals surface area contributed by atoms with Crippen molar-refractivity contribution in [2.75, 3.05) is 19.8 Å². The van der Waals surface area contributed by atoms with Gasteiger partial charge in [0, 0.05) is 12.5 Å². The maximum absolute atomic E-state index is 9.44. The van der Waals surface area contributed by atoms with E-state index in [0.29, 0.717) is 26.1 Å². The van der Waals surface area contributed by atoms with Gasteiger partial charge < -0.3 is 20.1 Å². The Labute approximate surface area is 71.8 Å². The summed E-state index contributed by atoms with van der Waals surface area (Å²) < 4.78 is 5.15. The van der Waals surface area contributed by atoms with Gasteiger partial charge in [0.25, 0.3) is 0 Å². The average molecular weight is 176 g/mol. The number of aliphatic hydroxyl groups excluding tert-OH is 3. The SMILES string of the molecule is OCC(O)CC1COCCC1O. The molecule has 1 saturated heterocycles. The first kappa shape index (κ1) is 9.92. The molecule has 0 bridgehead atoms. The molecule has 72 valence electrons. The molecule has 0 radical (unpaired) electrons. The highest BCUT2D eigenvalue weighted by molar-refractivity contribution is 4.75. The molecule has 0 aromatic rings. The number of aliphatic hydroxyl groups is 3. The lowest BCUT2D eigenvalue weighted by Crippen LogP contribution is -2.35. The van der Waals surface area contributed by atoms with Crippen LogP contribution in [0.5, 0.6) is 0 Å². The monoisotopic (exact) mass is 176 g/mol. The van der Waals surface area contributed by atoms with Crippen molar-refractivity contribution in [3.63, 3.8) is 0 Å². The molecule has 3 unspecified atom stereocenters. The molecule has 1 heterocycles. The molecule has 4 nitrogen and oxygen atoms in total. The van der Waals surface area contributed by atoms with Crippen LogP contribution in [0.2, 0.25) is 0 Å². The molecule has 0 amide bonds. The van der Waals surface area contributed by atoms with E-state index in [1.807, 2.05) is 0 Å². The highest BCUT2D eigenvalue weighted by Crippen LogP contribution is 2.19. The lowest BCUT2D eigenvalue weighted by Gasteiger charge is -2.28. The smallest absolute Gasteiger partial charge is 0.0775 e. The van der Waals surface area contributed by atoms with Crippen molar-refractivity contribution in [1.29, 1.82) is 0 Å². The molecular weight excluding hydrogens is 160 g/mol. The van der Waals surface area contributed by atoms with Gasteiger partial charge in [-0.1, -0.05) is 0 Å². The van der Waals surface area contributed by atoms with Gasteiger partial charge in [0.05, 0.1) is 25.4 Å². The highest BCUT2D eigenvalue weighted by Gasteiger charge is 2.25. The van der Waals surface area contributed by atoms with Crippen LogP contribution >= 0.6 is 0 Å². The van der Waals surface area contributed by atoms with E-state index in [9.17, 15) is 5.11 Å². The standard InChI is InChI=1S/C8H16O4/c9-4-7(10)3-6-5-12-2-1-8(6)11/h6-11H,1-5H2. The van der Waals surface area contributed by atoms with Gasteiger partial charge in [-0.25, -0.2) is 0 Å². The van der Waals surface area contributed by atoms with Crippen LogP contribution < -0.4 is 0 Å². The Kier molecular flexibility index (Phi) is 3.94. The second-order valence-corrected chi connectivity index (χ2v) is 3.26. The molecule has 0 spiro atoms. The fourth-order valence-electron chi connectivity index (χ4n) is 1.43. The molecule has 0 aromatic heterocycles. The Morgan fingerprint density at radius 1 is 1.50 bits per heavy atom. The second kappa shape index (κ2) is 4.77. The minimum atomic E-state index is -0.730. The summed E-state index contributed by atoms with van der Waals surface area (Å²) in [6.45, 7) is 0.828. The van der Waals surface area contributed by atoms with Crippen LogP contribution in [0.3, 0.4) is 0 Å². The van der Waals surface area contributed by atoms with Crippen LogP contribution in [-0.2, 0) is 4.74 Å². The van der Waals surface area contributed by atoms with Crippen molar-refractivity contribution in [3.05, 3.63) is 0 Å². The zero-order valence-corrected chi connectivity index (χ0v) is 7.02. The summed E-state index contributed by atoms with van der Waals surface area (Å²) in [6.07, 6.45) is -0.0770. The van der Waals surface area contributed by atoms with Gasteiger partial charge in [-0.15, -0.1) is 0 Å². The van der Waals surface area contributed by atoms with Gasteiger partial charge in [-0.05, 0) is 12.8 Å². The van der Waals surface area contributed by atoms with Crippen molar-refractivity contribution < 1.29 is 20.1 Å². The third-order valence-electron chi connectivity index (χ3n) is 2.22. The minimum absolute atomic E-state index is 0.0269. The molecule has 3 N–H and O–H groups in total. The normalized spacial score (nSPS) is 33.2. The van der Waals surface area contributed by atoms with E-state index >= 15 is 0 Å². The zero-order chi connectivity index (χ0) is 8.97. The quantitative estimate of drug-likeness (QED) is 0.522. The summed E-state index contributed by atoms with van der Waals surface area (Å²) in [5, 5.41) is 27.1. The van der Waals surface area contributed by atoms with E-state index in [1.165, 1.54) is 0 Å². The number of hydrogen-bond acceptors (Lipinski definition) is 4. The second-order valence-electron chi connectivity index (χ2n) is 3.26. The molecule has 4 heteroatoms. The maximum atomic E-state index is 9.44. The van der Waals surface area contributed by atoms with Crippen LogP contribution in [0, 0.1) is 5.92 Å². The van der Waals surface area contributed by atoms with Gasteiger partial charge in [0.15, 0.2) is 0 Å². The third kappa shape index (κ3) is 2.71.